The summed E-state index contributed by atoms with van der Waals surface area (Å²) >= 11 is 0. The van der Waals surface area contributed by atoms with Gasteiger partial charge in [-0.3, -0.25) is 4.79 Å². The lowest BCUT2D eigenvalue weighted by Gasteiger charge is -2.45. The van der Waals surface area contributed by atoms with Crippen LogP contribution in [0.4, 0.5) is 4.39 Å². The Morgan fingerprint density at radius 2 is 2.00 bits per heavy atom. The number of hydrogen-bond acceptors (Lipinski definition) is 5. The highest BCUT2D eigenvalue weighted by molar-refractivity contribution is 5.95. The van der Waals surface area contributed by atoms with E-state index in [2.05, 4.69) is 13.8 Å². The summed E-state index contributed by atoms with van der Waals surface area (Å²) in [5, 5.41) is 22.1. The third-order valence-corrected chi connectivity index (χ3v) is 8.79. The summed E-state index contributed by atoms with van der Waals surface area (Å²) in [6.45, 7) is 10.5. The average molecular weight is 433 g/mol. The van der Waals surface area contributed by atoms with Gasteiger partial charge in [-0.1, -0.05) is 32.9 Å². The molecule has 4 rings (SSSR count). The fourth-order valence-corrected chi connectivity index (χ4v) is 6.85. The number of allylic oxidation sites excluding steroid dienone is 1. The van der Waals surface area contributed by atoms with Crippen LogP contribution in [-0.4, -0.2) is 46.4 Å². The molecular formula is C25H33FO5. The summed E-state index contributed by atoms with van der Waals surface area (Å²) < 4.78 is 21.5. The zero-order valence-corrected chi connectivity index (χ0v) is 19.1. The summed E-state index contributed by atoms with van der Waals surface area (Å²) in [5.41, 5.74) is -2.58. The zero-order chi connectivity index (χ0) is 23.1. The standard InChI is InChI=1S/C25H33FO5/c1-7-12(2)22(29)31-21-13(3)9-24-14(4)8-16-18(23(16,5)6)17(20(24)28)19(26)15(11-27)10-25(21,24)30/h7,9-10,14,16-19,21,27,30H,8,11H2,1-6H3/b12-7-/t14-,16-,17-,18-,19-,21+,24-,25+/m1/s1. The molecule has 0 unspecified atom stereocenters. The van der Waals surface area contributed by atoms with Crippen LogP contribution >= 0.6 is 0 Å². The maximum absolute atomic E-state index is 15.8. The monoisotopic (exact) mass is 432 g/mol. The molecule has 0 heterocycles. The number of Topliss-reactive ketones (excluding diaryl/α,β-unsaturated/α-hetero) is 1. The Bertz CT molecular complexity index is 930. The van der Waals surface area contributed by atoms with Crippen LogP contribution in [-0.2, 0) is 14.3 Å². The number of esters is 1. The SMILES string of the molecule is C/C=C(/C)C(=O)O[C@H]1C(C)=C[C@]23C(=O)[C@H]([C@H]4[C@@H](C[C@H]2C)C4(C)C)[C@H](F)C(CO)=C[C@]13O. The minimum atomic E-state index is -1.95. The molecule has 4 aliphatic carbocycles. The van der Waals surface area contributed by atoms with Gasteiger partial charge < -0.3 is 14.9 Å². The van der Waals surface area contributed by atoms with E-state index in [0.29, 0.717) is 17.6 Å². The molecular weight excluding hydrogens is 399 g/mol. The molecule has 0 aromatic rings. The van der Waals surface area contributed by atoms with Gasteiger partial charge in [0.25, 0.3) is 0 Å². The van der Waals surface area contributed by atoms with Gasteiger partial charge in [0.15, 0.2) is 11.9 Å². The quantitative estimate of drug-likeness (QED) is 0.406. The number of ether oxygens (including phenoxy) is 1. The van der Waals surface area contributed by atoms with E-state index >= 15 is 4.39 Å². The van der Waals surface area contributed by atoms with E-state index in [1.807, 2.05) is 6.92 Å². The van der Waals surface area contributed by atoms with Crippen LogP contribution in [0.5, 0.6) is 0 Å². The Kier molecular flexibility index (Phi) is 4.95. The van der Waals surface area contributed by atoms with E-state index in [0.717, 1.165) is 0 Å². The number of ketones is 1. The lowest BCUT2D eigenvalue weighted by Crippen LogP contribution is -2.59. The van der Waals surface area contributed by atoms with Crippen molar-refractivity contribution in [1.29, 1.82) is 0 Å². The molecule has 0 aromatic carbocycles. The van der Waals surface area contributed by atoms with E-state index in [1.165, 1.54) is 6.08 Å². The second-order valence-electron chi connectivity index (χ2n) is 10.6. The number of aliphatic hydroxyl groups is 2. The molecule has 170 valence electrons. The van der Waals surface area contributed by atoms with Gasteiger partial charge in [-0.15, -0.1) is 0 Å². The first-order valence-electron chi connectivity index (χ1n) is 11.1. The second kappa shape index (κ2) is 6.85. The number of rotatable bonds is 3. The van der Waals surface area contributed by atoms with Crippen molar-refractivity contribution in [3.63, 3.8) is 0 Å². The van der Waals surface area contributed by atoms with Gasteiger partial charge in [0.1, 0.15) is 11.8 Å². The van der Waals surface area contributed by atoms with Gasteiger partial charge in [0, 0.05) is 5.57 Å². The second-order valence-corrected chi connectivity index (χ2v) is 10.6. The Morgan fingerprint density at radius 1 is 1.35 bits per heavy atom. The minimum Gasteiger partial charge on any atom is -0.451 e. The Morgan fingerprint density at radius 3 is 2.58 bits per heavy atom. The van der Waals surface area contributed by atoms with Gasteiger partial charge >= 0.3 is 5.97 Å². The molecule has 5 nitrogen and oxygen atoms in total. The summed E-state index contributed by atoms with van der Waals surface area (Å²) in [7, 11) is 0. The van der Waals surface area contributed by atoms with Crippen molar-refractivity contribution in [2.45, 2.75) is 65.8 Å². The van der Waals surface area contributed by atoms with Crippen molar-refractivity contribution in [3.8, 4) is 0 Å². The van der Waals surface area contributed by atoms with Crippen LogP contribution in [0, 0.1) is 34.5 Å². The minimum absolute atomic E-state index is 0.00909. The number of aliphatic hydroxyl groups excluding tert-OH is 1. The molecule has 0 amide bonds. The molecule has 2 N–H and O–H groups in total. The van der Waals surface area contributed by atoms with Crippen LogP contribution in [0.2, 0.25) is 0 Å². The molecule has 4 aliphatic rings. The van der Waals surface area contributed by atoms with E-state index in [9.17, 15) is 19.8 Å². The first-order chi connectivity index (χ1) is 14.4. The van der Waals surface area contributed by atoms with Crippen molar-refractivity contribution in [1.82, 2.24) is 0 Å². The van der Waals surface area contributed by atoms with E-state index in [1.54, 1.807) is 32.9 Å². The Hall–Kier alpha value is -1.79. The number of halogens is 1. The van der Waals surface area contributed by atoms with Gasteiger partial charge in [-0.25, -0.2) is 9.18 Å². The van der Waals surface area contributed by atoms with Gasteiger partial charge in [0.05, 0.1) is 17.9 Å². The number of fused-ring (bicyclic) bond motifs is 3. The van der Waals surface area contributed by atoms with Crippen molar-refractivity contribution in [3.05, 3.63) is 34.9 Å². The molecule has 2 saturated carbocycles. The van der Waals surface area contributed by atoms with Crippen molar-refractivity contribution >= 4 is 11.8 Å². The van der Waals surface area contributed by atoms with Crippen LogP contribution in [0.25, 0.3) is 0 Å². The fourth-order valence-electron chi connectivity index (χ4n) is 6.85. The number of carbonyl (C=O) groups is 2. The summed E-state index contributed by atoms with van der Waals surface area (Å²) in [6.07, 6.45) is 2.49. The van der Waals surface area contributed by atoms with Crippen molar-refractivity contribution in [2.24, 2.45) is 34.5 Å². The number of alkyl halides is 1. The molecule has 2 bridgehead atoms. The first kappa shape index (κ1) is 22.4. The predicted molar refractivity (Wildman–Crippen MR) is 114 cm³/mol. The van der Waals surface area contributed by atoms with Gasteiger partial charge in [-0.05, 0) is 67.6 Å². The Labute approximate surface area is 183 Å². The lowest BCUT2D eigenvalue weighted by molar-refractivity contribution is -0.169. The normalized spacial score (nSPS) is 45.6. The third-order valence-electron chi connectivity index (χ3n) is 8.79. The molecule has 2 fully saturated rings. The zero-order valence-electron chi connectivity index (χ0n) is 19.1. The summed E-state index contributed by atoms with van der Waals surface area (Å²) in [4.78, 5) is 26.7. The fraction of sp³-hybridized carbons (Fsp3) is 0.680. The van der Waals surface area contributed by atoms with Crippen LogP contribution in [0.3, 0.4) is 0 Å². The largest absolute Gasteiger partial charge is 0.451 e. The maximum Gasteiger partial charge on any atom is 0.334 e. The van der Waals surface area contributed by atoms with E-state index in [4.69, 9.17) is 4.74 Å². The van der Waals surface area contributed by atoms with E-state index < -0.39 is 41.8 Å². The maximum atomic E-state index is 15.8. The molecule has 6 heteroatoms. The van der Waals surface area contributed by atoms with Crippen LogP contribution in [0.1, 0.15) is 48.0 Å². The van der Waals surface area contributed by atoms with Gasteiger partial charge in [-0.2, -0.15) is 0 Å². The predicted octanol–water partition coefficient (Wildman–Crippen LogP) is 3.31. The van der Waals surface area contributed by atoms with Crippen LogP contribution < -0.4 is 0 Å². The average Bonchev–Trinajstić information content (AvgIpc) is 3.20. The molecule has 31 heavy (non-hydrogen) atoms. The smallest absolute Gasteiger partial charge is 0.334 e. The molecule has 1 spiro atoms. The summed E-state index contributed by atoms with van der Waals surface area (Å²) in [5.74, 6) is -2.14. The molecule has 0 saturated heterocycles. The topological polar surface area (TPSA) is 83.8 Å². The van der Waals surface area contributed by atoms with Gasteiger partial charge in [0.2, 0.25) is 0 Å². The van der Waals surface area contributed by atoms with Crippen LogP contribution in [0.15, 0.2) is 34.9 Å². The highest BCUT2D eigenvalue weighted by atomic mass is 19.1. The highest BCUT2D eigenvalue weighted by Crippen LogP contribution is 2.72. The molecule has 8 atom stereocenters. The third kappa shape index (κ3) is 2.67. The molecule has 0 aromatic heterocycles. The van der Waals surface area contributed by atoms with E-state index in [-0.39, 0.29) is 34.5 Å². The molecule has 0 aliphatic heterocycles. The van der Waals surface area contributed by atoms with Crippen molar-refractivity contribution in [2.75, 3.05) is 6.61 Å². The van der Waals surface area contributed by atoms with Crippen molar-refractivity contribution < 1.29 is 28.9 Å². The highest BCUT2D eigenvalue weighted by Gasteiger charge is 2.75. The summed E-state index contributed by atoms with van der Waals surface area (Å²) in [6, 6.07) is 0. The molecule has 0 radical (unpaired) electrons. The number of carbonyl (C=O) groups excluding carboxylic acids is 2. The Balaban J connectivity index is 1.91. The first-order valence-corrected chi connectivity index (χ1v) is 11.1. The lowest BCUT2D eigenvalue weighted by atomic mass is 9.60. The number of hydrogen-bond donors (Lipinski definition) is 2.